The van der Waals surface area contributed by atoms with Crippen molar-refractivity contribution in [1.29, 1.82) is 0 Å². The molecule has 0 unspecified atom stereocenters. The second kappa shape index (κ2) is 11.7. The van der Waals surface area contributed by atoms with Gasteiger partial charge in [-0.15, -0.1) is 0 Å². The van der Waals surface area contributed by atoms with Crippen LogP contribution in [0.4, 0.5) is 20.2 Å². The van der Waals surface area contributed by atoms with Crippen molar-refractivity contribution in [1.82, 2.24) is 5.32 Å². The van der Waals surface area contributed by atoms with E-state index in [9.17, 15) is 14.0 Å². The van der Waals surface area contributed by atoms with Crippen LogP contribution in [-0.2, 0) is 31.7 Å². The van der Waals surface area contributed by atoms with E-state index in [1.807, 2.05) is 103 Å². The van der Waals surface area contributed by atoms with E-state index in [1.54, 1.807) is 12.1 Å². The van der Waals surface area contributed by atoms with E-state index in [0.29, 0.717) is 24.1 Å². The maximum absolute atomic E-state index is 15.1. The molecule has 1 saturated carbocycles. The van der Waals surface area contributed by atoms with E-state index >= 15 is 4.39 Å². The predicted molar refractivity (Wildman–Crippen MR) is 173 cm³/mol. The lowest BCUT2D eigenvalue weighted by molar-refractivity contribution is -0.143. The van der Waals surface area contributed by atoms with Gasteiger partial charge in [0.25, 0.3) is 0 Å². The molecule has 46 heavy (non-hydrogen) atoms. The molecule has 5 nitrogen and oxygen atoms in total. The summed E-state index contributed by atoms with van der Waals surface area (Å²) in [5.41, 5.74) is 2.92. The number of carbonyl (C=O) groups excluding carboxylic acids is 2. The van der Waals surface area contributed by atoms with Crippen molar-refractivity contribution in [2.75, 3.05) is 12.0 Å². The number of carbonyl (C=O) groups is 2. The number of rotatable bonds is 9. The molecule has 5 aromatic rings. The average Bonchev–Trinajstić information content (AvgIpc) is 3.88. The second-order valence-electron chi connectivity index (χ2n) is 11.9. The molecule has 1 fully saturated rings. The number of methoxy groups -OCH3 is 1. The highest BCUT2D eigenvalue weighted by Crippen LogP contribution is 2.59. The number of nitrogens with zero attached hydrogens (tertiary/aromatic N) is 1. The maximum Gasteiger partial charge on any atom is 0.323 e. The maximum atomic E-state index is 15.1. The Bertz CT molecular complexity index is 1800. The predicted octanol–water partition coefficient (Wildman–Crippen LogP) is 7.34. The molecule has 0 radical (unpaired) electrons. The van der Waals surface area contributed by atoms with Crippen LogP contribution < -0.4 is 10.2 Å². The largest absolute Gasteiger partial charge is 0.468 e. The van der Waals surface area contributed by atoms with Crippen LogP contribution in [0.15, 0.2) is 127 Å². The zero-order chi connectivity index (χ0) is 31.9. The lowest BCUT2D eigenvalue weighted by Crippen LogP contribution is -2.53. The van der Waals surface area contributed by atoms with Crippen LogP contribution in [0, 0.1) is 11.6 Å². The van der Waals surface area contributed by atoms with Gasteiger partial charge in [-0.3, -0.25) is 19.8 Å². The third-order valence-electron chi connectivity index (χ3n) is 9.30. The Morgan fingerprint density at radius 2 is 1.33 bits per heavy atom. The monoisotopic (exact) mass is 614 g/mol. The molecule has 7 heteroatoms. The van der Waals surface area contributed by atoms with Gasteiger partial charge in [0.1, 0.15) is 6.04 Å². The summed E-state index contributed by atoms with van der Waals surface area (Å²) >= 11 is 0. The molecule has 1 atom stereocenters. The van der Waals surface area contributed by atoms with E-state index in [-0.39, 0.29) is 18.0 Å². The number of anilines is 2. The van der Waals surface area contributed by atoms with E-state index in [4.69, 9.17) is 4.74 Å². The second-order valence-corrected chi connectivity index (χ2v) is 11.9. The Morgan fingerprint density at radius 3 is 1.80 bits per heavy atom. The van der Waals surface area contributed by atoms with Crippen LogP contribution in [0.5, 0.6) is 0 Å². The number of hydrogen-bond acceptors (Lipinski definition) is 4. The minimum atomic E-state index is -1.02. The van der Waals surface area contributed by atoms with Gasteiger partial charge < -0.3 is 4.74 Å². The molecule has 2 aliphatic rings. The standard InChI is InChI=1S/C39H32F2N2O3/c1-46-36(44)33(42-39(27-11-5-2-6-12-27,28-13-7-3-8-14-28)29-15-9-4-10-16-29)25-26-17-19-30(20-18-26)43-35-31(21-22-32(40)34(35)41)38(23-24-38)37(43)45/h2-22,33,42H,23-25H2,1H3/t33-/m0/s1. The smallest absolute Gasteiger partial charge is 0.323 e. The molecule has 1 spiro atoms. The van der Waals surface area contributed by atoms with Crippen LogP contribution in [0.2, 0.25) is 0 Å². The van der Waals surface area contributed by atoms with Crippen LogP contribution in [0.1, 0.15) is 40.7 Å². The lowest BCUT2D eigenvalue weighted by atomic mass is 9.76. The number of fused-ring (bicyclic) bond motifs is 2. The normalized spacial score (nSPS) is 15.5. The van der Waals surface area contributed by atoms with Crippen molar-refractivity contribution in [2.24, 2.45) is 0 Å². The third-order valence-corrected chi connectivity index (χ3v) is 9.30. The fraction of sp³-hybridized carbons (Fsp3) is 0.179. The quantitative estimate of drug-likeness (QED) is 0.139. The first kappa shape index (κ1) is 29.6. The van der Waals surface area contributed by atoms with Crippen molar-refractivity contribution in [3.63, 3.8) is 0 Å². The first-order chi connectivity index (χ1) is 22.4. The van der Waals surface area contributed by atoms with Crippen molar-refractivity contribution in [3.8, 4) is 0 Å². The van der Waals surface area contributed by atoms with Crippen LogP contribution in [-0.4, -0.2) is 25.0 Å². The molecule has 1 heterocycles. The summed E-state index contributed by atoms with van der Waals surface area (Å²) in [6, 6.07) is 38.8. The molecule has 1 amide bonds. The average molecular weight is 615 g/mol. The first-order valence-corrected chi connectivity index (χ1v) is 15.3. The summed E-state index contributed by atoms with van der Waals surface area (Å²) in [6.07, 6.45) is 1.48. The fourth-order valence-corrected chi connectivity index (χ4v) is 6.86. The summed E-state index contributed by atoms with van der Waals surface area (Å²) in [7, 11) is 1.37. The van der Waals surface area contributed by atoms with Gasteiger partial charge in [-0.1, -0.05) is 109 Å². The molecule has 1 aliphatic carbocycles. The summed E-state index contributed by atoms with van der Waals surface area (Å²) in [5, 5.41) is 3.71. The van der Waals surface area contributed by atoms with Crippen LogP contribution >= 0.6 is 0 Å². The number of halogens is 2. The molecule has 7 rings (SSSR count). The van der Waals surface area contributed by atoms with Gasteiger partial charge in [-0.25, -0.2) is 8.78 Å². The lowest BCUT2D eigenvalue weighted by Gasteiger charge is -2.39. The highest BCUT2D eigenvalue weighted by atomic mass is 19.2. The highest BCUT2D eigenvalue weighted by Gasteiger charge is 2.60. The van der Waals surface area contributed by atoms with Gasteiger partial charge in [0.15, 0.2) is 11.6 Å². The summed E-state index contributed by atoms with van der Waals surface area (Å²) in [6.45, 7) is 0. The summed E-state index contributed by atoms with van der Waals surface area (Å²) in [4.78, 5) is 28.3. The zero-order valence-electron chi connectivity index (χ0n) is 25.3. The van der Waals surface area contributed by atoms with E-state index in [2.05, 4.69) is 5.32 Å². The van der Waals surface area contributed by atoms with Crippen molar-refractivity contribution in [2.45, 2.75) is 36.3 Å². The van der Waals surface area contributed by atoms with Crippen LogP contribution in [0.3, 0.4) is 0 Å². The molecule has 5 aromatic carbocycles. The Hall–Kier alpha value is -5.14. The van der Waals surface area contributed by atoms with E-state index in [1.165, 1.54) is 18.1 Å². The van der Waals surface area contributed by atoms with Gasteiger partial charge in [-0.05, 0) is 65.3 Å². The zero-order valence-corrected chi connectivity index (χ0v) is 25.3. The van der Waals surface area contributed by atoms with Crippen molar-refractivity contribution >= 4 is 23.3 Å². The molecule has 1 N–H and O–H groups in total. The van der Waals surface area contributed by atoms with Crippen molar-refractivity contribution in [3.05, 3.63) is 167 Å². The Labute approximate surface area is 266 Å². The fourth-order valence-electron chi connectivity index (χ4n) is 6.86. The van der Waals surface area contributed by atoms with E-state index in [0.717, 1.165) is 28.3 Å². The molecule has 0 bridgehead atoms. The van der Waals surface area contributed by atoms with Crippen molar-refractivity contribution < 1.29 is 23.1 Å². The molecule has 0 aromatic heterocycles. The van der Waals surface area contributed by atoms with Gasteiger partial charge in [-0.2, -0.15) is 0 Å². The van der Waals surface area contributed by atoms with Gasteiger partial charge in [0.05, 0.1) is 23.8 Å². The number of esters is 1. The Balaban J connectivity index is 1.26. The van der Waals surface area contributed by atoms with Gasteiger partial charge >= 0.3 is 5.97 Å². The molecular formula is C39H32F2N2O3. The van der Waals surface area contributed by atoms with E-state index < -0.39 is 34.6 Å². The van der Waals surface area contributed by atoms with Crippen LogP contribution in [0.25, 0.3) is 0 Å². The highest BCUT2D eigenvalue weighted by molar-refractivity contribution is 6.14. The Morgan fingerprint density at radius 1 is 0.804 bits per heavy atom. The first-order valence-electron chi connectivity index (χ1n) is 15.3. The number of amides is 1. The minimum absolute atomic E-state index is 0.0114. The summed E-state index contributed by atoms with van der Waals surface area (Å²) < 4.78 is 34.7. The number of nitrogens with one attached hydrogen (secondary N) is 1. The SMILES string of the molecule is COC(=O)[C@H](Cc1ccc(N2C(=O)C3(CC3)c3ccc(F)c(F)c32)cc1)NC(c1ccccc1)(c1ccccc1)c1ccccc1. The number of benzene rings is 5. The van der Waals surface area contributed by atoms with Gasteiger partial charge in [0.2, 0.25) is 5.91 Å². The number of ether oxygens (including phenoxy) is 1. The van der Waals surface area contributed by atoms with Gasteiger partial charge in [0, 0.05) is 5.69 Å². The Kier molecular flexibility index (Phi) is 7.49. The third kappa shape index (κ3) is 4.79. The molecular weight excluding hydrogens is 582 g/mol. The molecule has 230 valence electrons. The molecule has 0 saturated heterocycles. The number of hydrogen-bond donors (Lipinski definition) is 1. The summed E-state index contributed by atoms with van der Waals surface area (Å²) in [5.74, 6) is -2.69. The minimum Gasteiger partial charge on any atom is -0.468 e. The topological polar surface area (TPSA) is 58.6 Å². The molecule has 1 aliphatic heterocycles.